The first kappa shape index (κ1) is 30.2. The van der Waals surface area contributed by atoms with E-state index in [0.717, 1.165) is 16.7 Å². The second-order valence-corrected chi connectivity index (χ2v) is 11.2. The maximum atomic E-state index is 13.0. The van der Waals surface area contributed by atoms with Crippen LogP contribution in [0.4, 0.5) is 11.9 Å². The molecule has 0 bridgehead atoms. The topological polar surface area (TPSA) is 96.9 Å². The minimum absolute atomic E-state index is 0.0199. The zero-order valence-corrected chi connectivity index (χ0v) is 24.7. The van der Waals surface area contributed by atoms with Gasteiger partial charge in [-0.25, -0.2) is 0 Å². The second-order valence-electron chi connectivity index (χ2n) is 11.2. The highest BCUT2D eigenvalue weighted by molar-refractivity contribution is 6.04. The maximum absolute atomic E-state index is 13.0. The molecule has 0 atom stereocenters. The van der Waals surface area contributed by atoms with Crippen LogP contribution in [0.15, 0.2) is 78.9 Å². The van der Waals surface area contributed by atoms with E-state index in [9.17, 15) is 9.59 Å². The predicted octanol–water partition coefficient (Wildman–Crippen LogP) is 7.66. The van der Waals surface area contributed by atoms with Gasteiger partial charge in [-0.2, -0.15) is 15.0 Å². The fourth-order valence-electron chi connectivity index (χ4n) is 3.79. The summed E-state index contributed by atoms with van der Waals surface area (Å²) < 4.78 is 0. The van der Waals surface area contributed by atoms with Gasteiger partial charge in [0.15, 0.2) is 5.82 Å². The van der Waals surface area contributed by atoms with E-state index in [2.05, 4.69) is 67.1 Å². The second kappa shape index (κ2) is 12.6. The summed E-state index contributed by atoms with van der Waals surface area (Å²) >= 11 is 0. The Kier molecular flexibility index (Phi) is 9.53. The molecule has 0 saturated heterocycles. The predicted molar refractivity (Wildman–Crippen MR) is 163 cm³/mol. The van der Waals surface area contributed by atoms with E-state index in [-0.39, 0.29) is 34.5 Å². The Morgan fingerprint density at radius 3 is 1.27 bits per heavy atom. The van der Waals surface area contributed by atoms with E-state index in [1.54, 1.807) is 24.3 Å². The van der Waals surface area contributed by atoms with E-state index >= 15 is 0 Å². The third-order valence-electron chi connectivity index (χ3n) is 6.14. The molecule has 1 aromatic heterocycles. The molecule has 4 rings (SSSR count). The molecule has 7 nitrogen and oxygen atoms in total. The summed E-state index contributed by atoms with van der Waals surface area (Å²) in [5.41, 5.74) is 3.89. The third-order valence-corrected chi connectivity index (χ3v) is 6.14. The number of carbonyl (C=O) groups is 2. The SMILES string of the molecule is CC.CC(C)(C)c1ccc(C(=O)Nc2nc(NC(=O)c3ccc(C(C)(C)C)cc3)nc(-c3ccccc3)n2)cc1. The molecule has 3 aromatic carbocycles. The number of anilines is 2. The average molecular weight is 538 g/mol. The van der Waals surface area contributed by atoms with Crippen molar-refractivity contribution in [2.75, 3.05) is 10.6 Å². The normalized spacial score (nSPS) is 11.2. The van der Waals surface area contributed by atoms with E-state index in [1.807, 2.05) is 68.4 Å². The van der Waals surface area contributed by atoms with Crippen molar-refractivity contribution in [2.45, 2.75) is 66.2 Å². The highest BCUT2D eigenvalue weighted by atomic mass is 16.2. The van der Waals surface area contributed by atoms with Crippen molar-refractivity contribution in [1.82, 2.24) is 15.0 Å². The van der Waals surface area contributed by atoms with Gasteiger partial charge in [-0.3, -0.25) is 20.2 Å². The largest absolute Gasteiger partial charge is 0.290 e. The molecule has 7 heteroatoms. The van der Waals surface area contributed by atoms with Gasteiger partial charge in [-0.05, 0) is 46.2 Å². The quantitative estimate of drug-likeness (QED) is 0.272. The molecule has 208 valence electrons. The van der Waals surface area contributed by atoms with Gasteiger partial charge in [0.25, 0.3) is 11.8 Å². The Balaban J connectivity index is 0.00000216. The van der Waals surface area contributed by atoms with Gasteiger partial charge in [0.2, 0.25) is 11.9 Å². The van der Waals surface area contributed by atoms with Crippen molar-refractivity contribution in [3.8, 4) is 11.4 Å². The Hall–Kier alpha value is -4.39. The van der Waals surface area contributed by atoms with Crippen LogP contribution in [0.2, 0.25) is 0 Å². The van der Waals surface area contributed by atoms with Crippen LogP contribution in [0.25, 0.3) is 11.4 Å². The Morgan fingerprint density at radius 1 is 0.550 bits per heavy atom. The fourth-order valence-corrected chi connectivity index (χ4v) is 3.79. The van der Waals surface area contributed by atoms with Gasteiger partial charge >= 0.3 is 0 Å². The van der Waals surface area contributed by atoms with Crippen LogP contribution < -0.4 is 10.6 Å². The van der Waals surface area contributed by atoms with Crippen molar-refractivity contribution >= 4 is 23.7 Å². The molecule has 0 aliphatic carbocycles. The Bertz CT molecular complexity index is 1340. The summed E-state index contributed by atoms with van der Waals surface area (Å²) in [6.07, 6.45) is 0. The molecule has 0 spiro atoms. The zero-order valence-electron chi connectivity index (χ0n) is 24.7. The van der Waals surface area contributed by atoms with Crippen molar-refractivity contribution < 1.29 is 9.59 Å². The number of nitrogens with zero attached hydrogens (tertiary/aromatic N) is 3. The van der Waals surface area contributed by atoms with E-state index in [4.69, 9.17) is 0 Å². The summed E-state index contributed by atoms with van der Waals surface area (Å²) in [5.74, 6) is -0.293. The fraction of sp³-hybridized carbons (Fsp3) is 0.303. The molecular weight excluding hydrogens is 498 g/mol. The van der Waals surface area contributed by atoms with Crippen LogP contribution >= 0.6 is 0 Å². The van der Waals surface area contributed by atoms with E-state index < -0.39 is 0 Å². The summed E-state index contributed by atoms with van der Waals surface area (Å²) in [7, 11) is 0. The van der Waals surface area contributed by atoms with Crippen molar-refractivity contribution in [2.24, 2.45) is 0 Å². The van der Waals surface area contributed by atoms with Crippen LogP contribution in [-0.4, -0.2) is 26.8 Å². The van der Waals surface area contributed by atoms with Gasteiger partial charge in [-0.1, -0.05) is 110 Å². The molecule has 0 radical (unpaired) electrons. The minimum Gasteiger partial charge on any atom is -0.290 e. The highest BCUT2D eigenvalue weighted by Crippen LogP contribution is 2.24. The van der Waals surface area contributed by atoms with E-state index in [1.165, 1.54) is 0 Å². The van der Waals surface area contributed by atoms with Crippen molar-refractivity contribution in [3.05, 3.63) is 101 Å². The van der Waals surface area contributed by atoms with Gasteiger partial charge < -0.3 is 0 Å². The molecule has 0 unspecified atom stereocenters. The smallest absolute Gasteiger partial charge is 0.258 e. The third kappa shape index (κ3) is 7.82. The Labute approximate surface area is 237 Å². The lowest BCUT2D eigenvalue weighted by molar-refractivity contribution is 0.101. The number of nitrogens with one attached hydrogen (secondary N) is 2. The summed E-state index contributed by atoms with van der Waals surface area (Å²) in [6, 6.07) is 24.2. The monoisotopic (exact) mass is 537 g/mol. The van der Waals surface area contributed by atoms with Crippen LogP contribution in [0.5, 0.6) is 0 Å². The molecular formula is C33H39N5O2. The first-order valence-electron chi connectivity index (χ1n) is 13.6. The lowest BCUT2D eigenvalue weighted by atomic mass is 9.86. The van der Waals surface area contributed by atoms with Crippen LogP contribution in [0, 0.1) is 0 Å². The number of amides is 2. The number of benzene rings is 3. The van der Waals surface area contributed by atoms with E-state index in [0.29, 0.717) is 17.0 Å². The average Bonchev–Trinajstić information content (AvgIpc) is 2.93. The summed E-state index contributed by atoms with van der Waals surface area (Å²) in [5, 5.41) is 5.50. The molecule has 0 saturated carbocycles. The lowest BCUT2D eigenvalue weighted by Crippen LogP contribution is -2.19. The number of aromatic nitrogens is 3. The number of rotatable bonds is 5. The van der Waals surface area contributed by atoms with Crippen LogP contribution in [-0.2, 0) is 10.8 Å². The number of hydrogen-bond acceptors (Lipinski definition) is 5. The highest BCUT2D eigenvalue weighted by Gasteiger charge is 2.18. The van der Waals surface area contributed by atoms with Crippen LogP contribution in [0.1, 0.15) is 87.2 Å². The Morgan fingerprint density at radius 2 is 0.925 bits per heavy atom. The molecule has 1 heterocycles. The van der Waals surface area contributed by atoms with Crippen LogP contribution in [0.3, 0.4) is 0 Å². The van der Waals surface area contributed by atoms with Gasteiger partial charge in [-0.15, -0.1) is 0 Å². The first-order chi connectivity index (χ1) is 18.9. The number of carbonyl (C=O) groups excluding carboxylic acids is 2. The minimum atomic E-state index is -0.356. The van der Waals surface area contributed by atoms with Gasteiger partial charge in [0.05, 0.1) is 0 Å². The summed E-state index contributed by atoms with van der Waals surface area (Å²) in [6.45, 7) is 16.7. The standard InChI is InChI=1S/C31H33N5O2.C2H6/c1-30(2,3)23-16-12-21(13-17-23)26(37)34-28-32-25(20-10-8-7-9-11-20)33-29(36-28)35-27(38)22-14-18-24(19-15-22)31(4,5)6;1-2/h7-19H,1-6H3,(H2,32,33,34,35,36,37,38);1-2H3. The summed E-state index contributed by atoms with van der Waals surface area (Å²) in [4.78, 5) is 39.2. The molecule has 2 amide bonds. The molecule has 2 N–H and O–H groups in total. The number of hydrogen-bond donors (Lipinski definition) is 2. The molecule has 4 aromatic rings. The first-order valence-corrected chi connectivity index (χ1v) is 13.6. The molecule has 0 aliphatic heterocycles. The molecule has 0 aliphatic rings. The molecule has 40 heavy (non-hydrogen) atoms. The zero-order chi connectivity index (χ0) is 29.5. The van der Waals surface area contributed by atoms with Crippen molar-refractivity contribution in [1.29, 1.82) is 0 Å². The lowest BCUT2D eigenvalue weighted by Gasteiger charge is -2.19. The van der Waals surface area contributed by atoms with Crippen molar-refractivity contribution in [3.63, 3.8) is 0 Å². The molecule has 0 fully saturated rings. The maximum Gasteiger partial charge on any atom is 0.258 e. The van der Waals surface area contributed by atoms with Gasteiger partial charge in [0, 0.05) is 16.7 Å². The van der Waals surface area contributed by atoms with Gasteiger partial charge in [0.1, 0.15) is 0 Å².